The van der Waals surface area contributed by atoms with Gasteiger partial charge >= 0.3 is 0 Å². The van der Waals surface area contributed by atoms with Crippen molar-refractivity contribution < 1.29 is 9.59 Å². The molecule has 1 aliphatic heterocycles. The average Bonchev–Trinajstić information content (AvgIpc) is 2.80. The minimum Gasteiger partial charge on any atom is -0.302 e. The van der Waals surface area contributed by atoms with Crippen molar-refractivity contribution in [2.24, 2.45) is 4.99 Å². The van der Waals surface area contributed by atoms with Crippen LogP contribution in [0.3, 0.4) is 0 Å². The molecule has 4 nitrogen and oxygen atoms in total. The number of aliphatic imine (C=N–C) groups is 1. The molecule has 0 saturated carbocycles. The van der Waals surface area contributed by atoms with Crippen molar-refractivity contribution in [3.05, 3.63) is 71.8 Å². The van der Waals surface area contributed by atoms with Crippen LogP contribution in [0.15, 0.2) is 71.3 Å². The Morgan fingerprint density at radius 3 is 2.30 bits per heavy atom. The molecule has 3 rings (SSSR count). The standard InChI is InChI=1S/C19H18N2O2/c1-4-10-21-18(23)16(15-8-6-5-7-9-15)20-19(21)11-13(2)17(22)14(3)12-19/h4-9,11-12H,1,10H2,2-3H3. The quantitative estimate of drug-likeness (QED) is 0.806. The van der Waals surface area contributed by atoms with Gasteiger partial charge in [-0.25, -0.2) is 4.99 Å². The number of Topliss-reactive ketones (excluding diaryl/α,β-unsaturated/α-hetero) is 1. The van der Waals surface area contributed by atoms with Crippen molar-refractivity contribution >= 4 is 17.4 Å². The molecular weight excluding hydrogens is 288 g/mol. The monoisotopic (exact) mass is 306 g/mol. The van der Waals surface area contributed by atoms with Gasteiger partial charge in [0.15, 0.2) is 11.4 Å². The molecule has 0 saturated heterocycles. The lowest BCUT2D eigenvalue weighted by Gasteiger charge is -2.33. The summed E-state index contributed by atoms with van der Waals surface area (Å²) in [6, 6.07) is 9.38. The largest absolute Gasteiger partial charge is 0.302 e. The number of hydrogen-bond donors (Lipinski definition) is 0. The zero-order valence-corrected chi connectivity index (χ0v) is 13.2. The number of carbonyl (C=O) groups is 2. The molecule has 0 aromatic heterocycles. The van der Waals surface area contributed by atoms with Crippen LogP contribution in [-0.4, -0.2) is 34.5 Å². The molecule has 1 aliphatic carbocycles. The van der Waals surface area contributed by atoms with Crippen molar-refractivity contribution in [2.45, 2.75) is 19.5 Å². The van der Waals surface area contributed by atoms with Gasteiger partial charge in [0, 0.05) is 12.1 Å². The van der Waals surface area contributed by atoms with Gasteiger partial charge in [0.2, 0.25) is 0 Å². The Hall–Kier alpha value is -2.75. The lowest BCUT2D eigenvalue weighted by Crippen LogP contribution is -2.46. The van der Waals surface area contributed by atoms with E-state index in [0.29, 0.717) is 23.4 Å². The summed E-state index contributed by atoms with van der Waals surface area (Å²) in [4.78, 5) is 31.3. The SMILES string of the molecule is C=CCN1C(=O)C(c2ccccc2)=NC12C=C(C)C(=O)C(C)=C2. The summed E-state index contributed by atoms with van der Waals surface area (Å²) in [5, 5.41) is 0. The molecule has 1 aromatic carbocycles. The topological polar surface area (TPSA) is 49.7 Å². The molecule has 1 spiro atoms. The molecular formula is C19H18N2O2. The molecule has 23 heavy (non-hydrogen) atoms. The van der Waals surface area contributed by atoms with E-state index in [1.807, 2.05) is 30.3 Å². The van der Waals surface area contributed by atoms with Crippen LogP contribution < -0.4 is 0 Å². The summed E-state index contributed by atoms with van der Waals surface area (Å²) >= 11 is 0. The van der Waals surface area contributed by atoms with Crippen molar-refractivity contribution in [3.8, 4) is 0 Å². The van der Waals surface area contributed by atoms with Crippen molar-refractivity contribution in [1.82, 2.24) is 4.90 Å². The Labute approximate surface area is 135 Å². The molecule has 1 amide bonds. The van der Waals surface area contributed by atoms with Crippen LogP contribution in [0, 0.1) is 0 Å². The highest BCUT2D eigenvalue weighted by Crippen LogP contribution is 2.35. The van der Waals surface area contributed by atoms with E-state index in [9.17, 15) is 9.59 Å². The third kappa shape index (κ3) is 2.36. The summed E-state index contributed by atoms with van der Waals surface area (Å²) in [5.74, 6) is -0.163. The molecule has 1 aromatic rings. The van der Waals surface area contributed by atoms with Crippen LogP contribution in [0.2, 0.25) is 0 Å². The first-order valence-corrected chi connectivity index (χ1v) is 7.50. The number of allylic oxidation sites excluding steroid dienone is 2. The average molecular weight is 306 g/mol. The highest BCUT2D eigenvalue weighted by Gasteiger charge is 2.46. The third-order valence-electron chi connectivity index (χ3n) is 4.10. The Kier molecular flexibility index (Phi) is 3.60. The Morgan fingerprint density at radius 1 is 1.13 bits per heavy atom. The van der Waals surface area contributed by atoms with Gasteiger partial charge in [0.05, 0.1) is 0 Å². The lowest BCUT2D eigenvalue weighted by atomic mass is 9.91. The van der Waals surface area contributed by atoms with E-state index >= 15 is 0 Å². The van der Waals surface area contributed by atoms with Crippen LogP contribution in [0.4, 0.5) is 0 Å². The lowest BCUT2D eigenvalue weighted by molar-refractivity contribution is -0.125. The van der Waals surface area contributed by atoms with Gasteiger partial charge in [-0.3, -0.25) is 9.59 Å². The maximum absolute atomic E-state index is 12.9. The molecule has 116 valence electrons. The zero-order chi connectivity index (χ0) is 16.6. The van der Waals surface area contributed by atoms with E-state index in [0.717, 1.165) is 5.56 Å². The molecule has 0 radical (unpaired) electrons. The predicted octanol–water partition coefficient (Wildman–Crippen LogP) is 2.68. The first kappa shape index (κ1) is 15.2. The van der Waals surface area contributed by atoms with Crippen LogP contribution >= 0.6 is 0 Å². The van der Waals surface area contributed by atoms with Crippen molar-refractivity contribution in [2.75, 3.05) is 6.54 Å². The van der Waals surface area contributed by atoms with E-state index in [1.54, 1.807) is 37.0 Å². The molecule has 0 unspecified atom stereocenters. The maximum Gasteiger partial charge on any atom is 0.275 e. The molecule has 1 heterocycles. The summed E-state index contributed by atoms with van der Waals surface area (Å²) in [6.45, 7) is 7.61. The Morgan fingerprint density at radius 2 is 1.74 bits per heavy atom. The molecule has 0 N–H and O–H groups in total. The highest BCUT2D eigenvalue weighted by atomic mass is 16.2. The third-order valence-corrected chi connectivity index (χ3v) is 4.10. The van der Waals surface area contributed by atoms with Gasteiger partial charge in [-0.05, 0) is 37.1 Å². The second-order valence-corrected chi connectivity index (χ2v) is 5.80. The van der Waals surface area contributed by atoms with Crippen LogP contribution in [0.1, 0.15) is 19.4 Å². The minimum absolute atomic E-state index is 0.00927. The number of carbonyl (C=O) groups excluding carboxylic acids is 2. The van der Waals surface area contributed by atoms with Crippen LogP contribution in [-0.2, 0) is 9.59 Å². The first-order chi connectivity index (χ1) is 11.0. The molecule has 0 fully saturated rings. The first-order valence-electron chi connectivity index (χ1n) is 7.50. The highest BCUT2D eigenvalue weighted by molar-refractivity contribution is 6.47. The minimum atomic E-state index is -0.932. The fourth-order valence-electron chi connectivity index (χ4n) is 3.06. The van der Waals surface area contributed by atoms with E-state index in [4.69, 9.17) is 4.99 Å². The Bertz CT molecular complexity index is 763. The number of rotatable bonds is 3. The van der Waals surface area contributed by atoms with Gasteiger partial charge in [0.25, 0.3) is 5.91 Å². The number of ketones is 1. The van der Waals surface area contributed by atoms with Crippen molar-refractivity contribution in [3.63, 3.8) is 0 Å². The number of nitrogens with zero attached hydrogens (tertiary/aromatic N) is 2. The predicted molar refractivity (Wildman–Crippen MR) is 90.1 cm³/mol. The molecule has 0 bridgehead atoms. The summed E-state index contributed by atoms with van der Waals surface area (Å²) < 4.78 is 0. The van der Waals surface area contributed by atoms with E-state index in [1.165, 1.54) is 0 Å². The number of hydrogen-bond acceptors (Lipinski definition) is 3. The fourth-order valence-corrected chi connectivity index (χ4v) is 3.06. The maximum atomic E-state index is 12.9. The fraction of sp³-hybridized carbons (Fsp3) is 0.211. The van der Waals surface area contributed by atoms with Gasteiger partial charge in [-0.2, -0.15) is 0 Å². The normalized spacial score (nSPS) is 19.6. The second kappa shape index (κ2) is 5.47. The number of amides is 1. The van der Waals surface area contributed by atoms with Gasteiger partial charge in [0.1, 0.15) is 5.71 Å². The molecule has 2 aliphatic rings. The van der Waals surface area contributed by atoms with Gasteiger partial charge in [-0.1, -0.05) is 36.4 Å². The summed E-state index contributed by atoms with van der Waals surface area (Å²) in [5.41, 5.74) is 1.46. The summed E-state index contributed by atoms with van der Waals surface area (Å²) in [6.07, 6.45) is 5.20. The smallest absolute Gasteiger partial charge is 0.275 e. The van der Waals surface area contributed by atoms with Crippen molar-refractivity contribution in [1.29, 1.82) is 0 Å². The van der Waals surface area contributed by atoms with E-state index < -0.39 is 5.66 Å². The van der Waals surface area contributed by atoms with Crippen LogP contribution in [0.5, 0.6) is 0 Å². The van der Waals surface area contributed by atoms with E-state index in [2.05, 4.69) is 6.58 Å². The zero-order valence-electron chi connectivity index (χ0n) is 13.2. The molecule has 0 atom stereocenters. The van der Waals surface area contributed by atoms with Gasteiger partial charge in [-0.15, -0.1) is 6.58 Å². The van der Waals surface area contributed by atoms with E-state index in [-0.39, 0.29) is 11.7 Å². The Balaban J connectivity index is 2.17. The second-order valence-electron chi connectivity index (χ2n) is 5.80. The van der Waals surface area contributed by atoms with Crippen LogP contribution in [0.25, 0.3) is 0 Å². The number of benzene rings is 1. The summed E-state index contributed by atoms with van der Waals surface area (Å²) in [7, 11) is 0. The molecule has 4 heteroatoms. The van der Waals surface area contributed by atoms with Gasteiger partial charge < -0.3 is 4.90 Å².